The zero-order chi connectivity index (χ0) is 9.71. The van der Waals surface area contributed by atoms with Crippen molar-refractivity contribution in [3.63, 3.8) is 0 Å². The highest BCUT2D eigenvalue weighted by Gasteiger charge is 2.16. The van der Waals surface area contributed by atoms with Crippen LogP contribution in [0.3, 0.4) is 0 Å². The average Bonchev–Trinajstić information content (AvgIpc) is 2.59. The molecule has 0 saturated heterocycles. The van der Waals surface area contributed by atoms with Gasteiger partial charge in [0.25, 0.3) is 0 Å². The van der Waals surface area contributed by atoms with Gasteiger partial charge in [-0.05, 0) is 30.6 Å². The largest absolute Gasteiger partial charge is 0.375 e. The first-order valence-electron chi connectivity index (χ1n) is 4.60. The lowest BCUT2D eigenvalue weighted by Gasteiger charge is -2.08. The molecule has 0 spiro atoms. The molecular weight excluding hydrogens is 192 g/mol. The van der Waals surface area contributed by atoms with Gasteiger partial charge in [-0.1, -0.05) is 29.1 Å². The maximum absolute atomic E-state index is 5.68. The molecule has 1 heterocycles. The van der Waals surface area contributed by atoms with Crippen LogP contribution in [-0.2, 0) is 0 Å². The van der Waals surface area contributed by atoms with E-state index in [9.17, 15) is 0 Å². The van der Waals surface area contributed by atoms with E-state index < -0.39 is 0 Å². The number of aromatic nitrogens is 1. The molecule has 0 unspecified atom stereocenters. The summed E-state index contributed by atoms with van der Waals surface area (Å²) in [6, 6.07) is 0. The summed E-state index contributed by atoms with van der Waals surface area (Å²) in [5.41, 5.74) is 9.66. The quantitative estimate of drug-likeness (QED) is 0.680. The fraction of sp³-hybridized carbons (Fsp3) is 0.182. The van der Waals surface area contributed by atoms with Crippen LogP contribution in [0.2, 0.25) is 0 Å². The normalized spacial score (nSPS) is 18.2. The lowest BCUT2D eigenvalue weighted by atomic mass is 9.97. The van der Waals surface area contributed by atoms with E-state index in [1.807, 2.05) is 0 Å². The van der Waals surface area contributed by atoms with Crippen LogP contribution in [0.25, 0.3) is 11.6 Å². The van der Waals surface area contributed by atoms with Crippen LogP contribution in [0.4, 0.5) is 5.13 Å². The van der Waals surface area contributed by atoms with Gasteiger partial charge in [0, 0.05) is 0 Å². The third kappa shape index (κ3) is 0.990. The van der Waals surface area contributed by atoms with E-state index in [-0.39, 0.29) is 0 Å². The Hall–Kier alpha value is -1.35. The molecule has 0 aromatic carbocycles. The van der Waals surface area contributed by atoms with Gasteiger partial charge in [-0.3, -0.25) is 0 Å². The molecule has 2 N–H and O–H groups in total. The van der Waals surface area contributed by atoms with E-state index in [0.29, 0.717) is 5.13 Å². The van der Waals surface area contributed by atoms with Crippen LogP contribution in [0, 0.1) is 0 Å². The summed E-state index contributed by atoms with van der Waals surface area (Å²) in [5, 5.41) is 1.77. The van der Waals surface area contributed by atoms with Crippen LogP contribution in [0.5, 0.6) is 0 Å². The molecule has 1 aromatic rings. The lowest BCUT2D eigenvalue weighted by molar-refractivity contribution is 1.24. The number of allylic oxidation sites excluding steroid dienone is 4. The van der Waals surface area contributed by atoms with E-state index in [2.05, 4.69) is 30.1 Å². The maximum Gasteiger partial charge on any atom is 0.181 e. The Morgan fingerprint density at radius 2 is 2.29 bits per heavy atom. The van der Waals surface area contributed by atoms with Gasteiger partial charge in [0.1, 0.15) is 0 Å². The molecule has 0 fully saturated rings. The fourth-order valence-electron chi connectivity index (χ4n) is 1.94. The van der Waals surface area contributed by atoms with Crippen LogP contribution >= 0.6 is 11.3 Å². The number of rotatable bonds is 0. The average molecular weight is 202 g/mol. The number of anilines is 1. The van der Waals surface area contributed by atoms with Gasteiger partial charge in [-0.15, -0.1) is 0 Å². The lowest BCUT2D eigenvalue weighted by Crippen LogP contribution is -2.19. The minimum atomic E-state index is 0.670. The molecule has 2 nitrogen and oxygen atoms in total. The van der Waals surface area contributed by atoms with Crippen molar-refractivity contribution in [1.82, 2.24) is 4.98 Å². The van der Waals surface area contributed by atoms with E-state index in [4.69, 9.17) is 5.73 Å². The number of nitrogens with zero attached hydrogens (tertiary/aromatic N) is 1. The second kappa shape index (κ2) is 2.58. The molecule has 0 atom stereocenters. The summed E-state index contributed by atoms with van der Waals surface area (Å²) in [4.78, 5) is 4.36. The summed E-state index contributed by atoms with van der Waals surface area (Å²) in [7, 11) is 0. The number of fused-ring (bicyclic) bond motifs is 2. The third-order valence-corrected chi connectivity index (χ3v) is 3.43. The predicted molar refractivity (Wildman–Crippen MR) is 60.1 cm³/mol. The highest BCUT2D eigenvalue weighted by Crippen LogP contribution is 2.26. The van der Waals surface area contributed by atoms with Crippen LogP contribution in [-0.4, -0.2) is 4.98 Å². The van der Waals surface area contributed by atoms with Crippen molar-refractivity contribution in [2.75, 3.05) is 5.73 Å². The summed E-state index contributed by atoms with van der Waals surface area (Å²) in [6.07, 6.45) is 7.63. The van der Waals surface area contributed by atoms with Crippen molar-refractivity contribution in [2.45, 2.75) is 13.3 Å². The zero-order valence-corrected chi connectivity index (χ0v) is 8.69. The summed E-state index contributed by atoms with van der Waals surface area (Å²) >= 11 is 1.57. The second-order valence-electron chi connectivity index (χ2n) is 3.64. The molecule has 3 rings (SSSR count). The predicted octanol–water partition coefficient (Wildman–Crippen LogP) is 0.947. The Kier molecular flexibility index (Phi) is 1.47. The molecular formula is C11H10N2S. The van der Waals surface area contributed by atoms with Gasteiger partial charge >= 0.3 is 0 Å². The summed E-state index contributed by atoms with van der Waals surface area (Å²) in [5.74, 6) is 0. The second-order valence-corrected chi connectivity index (χ2v) is 4.70. The smallest absolute Gasteiger partial charge is 0.181 e. The van der Waals surface area contributed by atoms with E-state index in [1.54, 1.807) is 11.3 Å². The molecule has 14 heavy (non-hydrogen) atoms. The van der Waals surface area contributed by atoms with Gasteiger partial charge in [0.15, 0.2) is 5.13 Å². The Morgan fingerprint density at radius 3 is 3.14 bits per heavy atom. The molecule has 0 saturated carbocycles. The Labute approximate surface area is 85.8 Å². The highest BCUT2D eigenvalue weighted by molar-refractivity contribution is 7.13. The number of nitrogen functional groups attached to an aromatic ring is 1. The molecule has 3 heteroatoms. The van der Waals surface area contributed by atoms with Crippen molar-refractivity contribution in [2.24, 2.45) is 0 Å². The van der Waals surface area contributed by atoms with E-state index >= 15 is 0 Å². The Bertz CT molecular complexity index is 587. The molecule has 1 aromatic heterocycles. The number of thiazole rings is 1. The van der Waals surface area contributed by atoms with Crippen molar-refractivity contribution in [1.29, 1.82) is 0 Å². The Morgan fingerprint density at radius 1 is 1.43 bits per heavy atom. The van der Waals surface area contributed by atoms with Gasteiger partial charge in [-0.25, -0.2) is 4.98 Å². The monoisotopic (exact) mass is 202 g/mol. The van der Waals surface area contributed by atoms with Crippen molar-refractivity contribution < 1.29 is 0 Å². The first-order chi connectivity index (χ1) is 6.74. The molecule has 0 amide bonds. The van der Waals surface area contributed by atoms with Crippen molar-refractivity contribution in [3.8, 4) is 0 Å². The first-order valence-corrected chi connectivity index (χ1v) is 5.42. The van der Waals surface area contributed by atoms with Crippen LogP contribution < -0.4 is 15.6 Å². The SMILES string of the molecule is CC1=CCC2=c3nc(N)sc3=CC2=C1. The highest BCUT2D eigenvalue weighted by atomic mass is 32.1. The van der Waals surface area contributed by atoms with Gasteiger partial charge in [0.2, 0.25) is 0 Å². The van der Waals surface area contributed by atoms with E-state index in [0.717, 1.165) is 11.8 Å². The van der Waals surface area contributed by atoms with Gasteiger partial charge < -0.3 is 5.73 Å². The van der Waals surface area contributed by atoms with Gasteiger partial charge in [-0.2, -0.15) is 0 Å². The van der Waals surface area contributed by atoms with Crippen molar-refractivity contribution >= 4 is 28.1 Å². The third-order valence-electron chi connectivity index (χ3n) is 2.60. The number of hydrogen-bond acceptors (Lipinski definition) is 3. The molecule has 2 aliphatic carbocycles. The molecule has 0 bridgehead atoms. The van der Waals surface area contributed by atoms with Crippen LogP contribution in [0.15, 0.2) is 23.3 Å². The molecule has 2 aliphatic rings. The maximum atomic E-state index is 5.68. The zero-order valence-electron chi connectivity index (χ0n) is 7.87. The van der Waals surface area contributed by atoms with Crippen molar-refractivity contribution in [3.05, 3.63) is 33.2 Å². The van der Waals surface area contributed by atoms with E-state index in [1.165, 1.54) is 21.3 Å². The number of nitrogens with two attached hydrogens (primary N) is 1. The fourth-order valence-corrected chi connectivity index (χ4v) is 2.75. The first kappa shape index (κ1) is 8.00. The molecule has 70 valence electrons. The van der Waals surface area contributed by atoms with Crippen LogP contribution in [0.1, 0.15) is 13.3 Å². The number of hydrogen-bond donors (Lipinski definition) is 1. The van der Waals surface area contributed by atoms with Gasteiger partial charge in [0.05, 0.1) is 9.88 Å². The topological polar surface area (TPSA) is 38.9 Å². The standard InChI is InChI=1S/C11H10N2S/c1-6-2-3-8-7(4-6)5-9-10(8)13-11(12)14-9/h2,4-5H,3H2,1H3,(H2,12,13). The molecule has 0 aliphatic heterocycles. The summed E-state index contributed by atoms with van der Waals surface area (Å²) in [6.45, 7) is 2.13. The summed E-state index contributed by atoms with van der Waals surface area (Å²) < 4.78 is 1.21. The molecule has 0 radical (unpaired) electrons. The minimum Gasteiger partial charge on any atom is -0.375 e. The Balaban J connectivity index is 2.34. The minimum absolute atomic E-state index is 0.670.